The fraction of sp³-hybridized carbons (Fsp3) is 0.571. The lowest BCUT2D eigenvalue weighted by molar-refractivity contribution is -0.122. The molecule has 98 valence electrons. The van der Waals surface area contributed by atoms with Gasteiger partial charge in [0, 0.05) is 5.69 Å². The van der Waals surface area contributed by atoms with E-state index in [-0.39, 0.29) is 5.91 Å². The van der Waals surface area contributed by atoms with E-state index < -0.39 is 5.54 Å². The molecule has 0 spiro atoms. The van der Waals surface area contributed by atoms with Crippen LogP contribution in [0, 0.1) is 13.8 Å². The van der Waals surface area contributed by atoms with E-state index in [9.17, 15) is 4.79 Å². The van der Waals surface area contributed by atoms with E-state index in [2.05, 4.69) is 10.3 Å². The summed E-state index contributed by atoms with van der Waals surface area (Å²) in [7, 11) is 0. The number of nitrogens with zero attached hydrogens (tertiary/aromatic N) is 1. The Morgan fingerprint density at radius 2 is 1.94 bits per heavy atom. The van der Waals surface area contributed by atoms with Crippen LogP contribution in [0.15, 0.2) is 12.1 Å². The normalized spacial score (nSPS) is 18.4. The highest BCUT2D eigenvalue weighted by atomic mass is 16.2. The van der Waals surface area contributed by atoms with Crippen molar-refractivity contribution in [2.45, 2.75) is 51.5 Å². The standard InChI is InChI=1S/C14H21N3O/c1-10-6-7-12(11(2)16-10)17-13(18)14(15)8-4-3-5-9-14/h6-7H,3-5,8-9,15H2,1-2H3,(H,17,18). The Labute approximate surface area is 108 Å². The zero-order chi connectivity index (χ0) is 13.2. The van der Waals surface area contributed by atoms with Crippen molar-refractivity contribution in [2.24, 2.45) is 5.73 Å². The van der Waals surface area contributed by atoms with Gasteiger partial charge in [-0.2, -0.15) is 0 Å². The minimum atomic E-state index is -0.699. The molecule has 0 bridgehead atoms. The van der Waals surface area contributed by atoms with E-state index in [1.807, 2.05) is 26.0 Å². The second kappa shape index (κ2) is 5.06. The molecule has 3 N–H and O–H groups in total. The predicted molar refractivity (Wildman–Crippen MR) is 72.3 cm³/mol. The molecule has 1 saturated carbocycles. The predicted octanol–water partition coefficient (Wildman–Crippen LogP) is 2.30. The number of hydrogen-bond donors (Lipinski definition) is 2. The van der Waals surface area contributed by atoms with Crippen LogP contribution >= 0.6 is 0 Å². The van der Waals surface area contributed by atoms with Crippen LogP contribution < -0.4 is 11.1 Å². The van der Waals surface area contributed by atoms with Crippen LogP contribution in [0.25, 0.3) is 0 Å². The number of carbonyl (C=O) groups is 1. The molecule has 4 heteroatoms. The summed E-state index contributed by atoms with van der Waals surface area (Å²) in [6.45, 7) is 3.83. The molecule has 0 aromatic carbocycles. The third-order valence-electron chi connectivity index (χ3n) is 3.67. The van der Waals surface area contributed by atoms with Gasteiger partial charge in [0.1, 0.15) is 0 Å². The number of aryl methyl sites for hydroxylation is 2. The summed E-state index contributed by atoms with van der Waals surface area (Å²) < 4.78 is 0. The van der Waals surface area contributed by atoms with E-state index in [0.717, 1.165) is 42.8 Å². The number of nitrogens with one attached hydrogen (secondary N) is 1. The first kappa shape index (κ1) is 13.0. The van der Waals surface area contributed by atoms with Gasteiger partial charge in [0.2, 0.25) is 5.91 Å². The summed E-state index contributed by atoms with van der Waals surface area (Å²) >= 11 is 0. The Hall–Kier alpha value is -1.42. The van der Waals surface area contributed by atoms with Crippen molar-refractivity contribution >= 4 is 11.6 Å². The fourth-order valence-corrected chi connectivity index (χ4v) is 2.48. The number of anilines is 1. The number of nitrogens with two attached hydrogens (primary N) is 1. The quantitative estimate of drug-likeness (QED) is 0.842. The van der Waals surface area contributed by atoms with E-state index in [1.165, 1.54) is 6.42 Å². The zero-order valence-corrected chi connectivity index (χ0v) is 11.1. The molecule has 0 atom stereocenters. The maximum absolute atomic E-state index is 12.3. The summed E-state index contributed by atoms with van der Waals surface area (Å²) in [5.41, 5.74) is 8.05. The van der Waals surface area contributed by atoms with Crippen LogP contribution in [-0.2, 0) is 4.79 Å². The number of rotatable bonds is 2. The van der Waals surface area contributed by atoms with Crippen molar-refractivity contribution in [3.63, 3.8) is 0 Å². The minimum absolute atomic E-state index is 0.0732. The second-order valence-electron chi connectivity index (χ2n) is 5.26. The molecule has 1 aliphatic rings. The van der Waals surface area contributed by atoms with E-state index in [0.29, 0.717) is 0 Å². The fourth-order valence-electron chi connectivity index (χ4n) is 2.48. The summed E-state index contributed by atoms with van der Waals surface area (Å²) in [6.07, 6.45) is 4.80. The van der Waals surface area contributed by atoms with Crippen molar-refractivity contribution in [2.75, 3.05) is 5.32 Å². The number of amides is 1. The van der Waals surface area contributed by atoms with Crippen molar-refractivity contribution in [1.29, 1.82) is 0 Å². The molecular weight excluding hydrogens is 226 g/mol. The molecule has 1 fully saturated rings. The van der Waals surface area contributed by atoms with Gasteiger partial charge in [-0.3, -0.25) is 9.78 Å². The Kier molecular flexibility index (Phi) is 3.66. The van der Waals surface area contributed by atoms with Gasteiger partial charge < -0.3 is 11.1 Å². The average molecular weight is 247 g/mol. The lowest BCUT2D eigenvalue weighted by Gasteiger charge is -2.31. The lowest BCUT2D eigenvalue weighted by Crippen LogP contribution is -2.52. The molecular formula is C14H21N3O. The highest BCUT2D eigenvalue weighted by Crippen LogP contribution is 2.27. The maximum atomic E-state index is 12.3. The first-order valence-electron chi connectivity index (χ1n) is 6.56. The van der Waals surface area contributed by atoms with Gasteiger partial charge in [0.25, 0.3) is 0 Å². The molecule has 2 rings (SSSR count). The van der Waals surface area contributed by atoms with Gasteiger partial charge in [-0.15, -0.1) is 0 Å². The maximum Gasteiger partial charge on any atom is 0.244 e. The van der Waals surface area contributed by atoms with Crippen molar-refractivity contribution in [3.8, 4) is 0 Å². The summed E-state index contributed by atoms with van der Waals surface area (Å²) in [4.78, 5) is 16.6. The molecule has 1 aromatic rings. The topological polar surface area (TPSA) is 68.0 Å². The van der Waals surface area contributed by atoms with Crippen molar-refractivity contribution in [3.05, 3.63) is 23.5 Å². The number of aromatic nitrogens is 1. The van der Waals surface area contributed by atoms with Crippen LogP contribution in [0.4, 0.5) is 5.69 Å². The van der Waals surface area contributed by atoms with Crippen LogP contribution in [0.2, 0.25) is 0 Å². The first-order valence-corrected chi connectivity index (χ1v) is 6.56. The molecule has 0 aliphatic heterocycles. The van der Waals surface area contributed by atoms with E-state index in [4.69, 9.17) is 5.73 Å². The molecule has 1 heterocycles. The summed E-state index contributed by atoms with van der Waals surface area (Å²) in [6, 6.07) is 3.79. The van der Waals surface area contributed by atoms with Gasteiger partial charge in [0.05, 0.1) is 16.9 Å². The Morgan fingerprint density at radius 3 is 2.56 bits per heavy atom. The van der Waals surface area contributed by atoms with Gasteiger partial charge in [0.15, 0.2) is 0 Å². The van der Waals surface area contributed by atoms with Crippen LogP contribution in [0.3, 0.4) is 0 Å². The summed E-state index contributed by atoms with van der Waals surface area (Å²) in [5.74, 6) is -0.0732. The lowest BCUT2D eigenvalue weighted by atomic mass is 9.82. The number of pyridine rings is 1. The Balaban J connectivity index is 2.11. The van der Waals surface area contributed by atoms with Gasteiger partial charge in [-0.1, -0.05) is 19.3 Å². The third-order valence-corrected chi connectivity index (χ3v) is 3.67. The smallest absolute Gasteiger partial charge is 0.244 e. The van der Waals surface area contributed by atoms with E-state index in [1.54, 1.807) is 0 Å². The third kappa shape index (κ3) is 2.70. The minimum Gasteiger partial charge on any atom is -0.323 e. The van der Waals surface area contributed by atoms with Crippen molar-refractivity contribution in [1.82, 2.24) is 4.98 Å². The summed E-state index contributed by atoms with van der Waals surface area (Å²) in [5, 5.41) is 2.92. The van der Waals surface area contributed by atoms with E-state index >= 15 is 0 Å². The first-order chi connectivity index (χ1) is 8.51. The number of carbonyl (C=O) groups excluding carboxylic acids is 1. The highest BCUT2D eigenvalue weighted by Gasteiger charge is 2.35. The zero-order valence-electron chi connectivity index (χ0n) is 11.1. The molecule has 0 saturated heterocycles. The second-order valence-corrected chi connectivity index (χ2v) is 5.26. The average Bonchev–Trinajstić information content (AvgIpc) is 2.33. The Morgan fingerprint density at radius 1 is 1.28 bits per heavy atom. The molecule has 18 heavy (non-hydrogen) atoms. The molecule has 4 nitrogen and oxygen atoms in total. The largest absolute Gasteiger partial charge is 0.323 e. The molecule has 1 aromatic heterocycles. The molecule has 1 aliphatic carbocycles. The van der Waals surface area contributed by atoms with Crippen molar-refractivity contribution < 1.29 is 4.79 Å². The van der Waals surface area contributed by atoms with Gasteiger partial charge in [-0.05, 0) is 38.8 Å². The monoisotopic (exact) mass is 247 g/mol. The Bertz CT molecular complexity index is 450. The van der Waals surface area contributed by atoms with Crippen LogP contribution in [0.5, 0.6) is 0 Å². The van der Waals surface area contributed by atoms with Gasteiger partial charge >= 0.3 is 0 Å². The SMILES string of the molecule is Cc1ccc(NC(=O)C2(N)CCCCC2)c(C)n1. The number of hydrogen-bond acceptors (Lipinski definition) is 3. The molecule has 0 unspecified atom stereocenters. The van der Waals surface area contributed by atoms with Crippen LogP contribution in [-0.4, -0.2) is 16.4 Å². The molecule has 1 amide bonds. The van der Waals surface area contributed by atoms with Gasteiger partial charge in [-0.25, -0.2) is 0 Å². The molecule has 0 radical (unpaired) electrons. The van der Waals surface area contributed by atoms with Crippen LogP contribution in [0.1, 0.15) is 43.5 Å². The highest BCUT2D eigenvalue weighted by molar-refractivity contribution is 5.98.